The molecule has 0 spiro atoms. The van der Waals surface area contributed by atoms with Crippen molar-refractivity contribution >= 4 is 17.9 Å². The Kier molecular flexibility index (Phi) is 2.12. The fourth-order valence-corrected chi connectivity index (χ4v) is 2.08. The first-order valence-corrected chi connectivity index (χ1v) is 4.71. The standard InChI is InChI=1S/C8H6N2O3S/c11-8-7(10(12)13)5-3-1-2-4-6(5)14-9-8/h1-4,7H,(H,9,11). The zero-order valence-electron chi connectivity index (χ0n) is 6.97. The first-order chi connectivity index (χ1) is 6.70. The molecule has 1 aromatic rings. The number of nitrogens with one attached hydrogen (secondary N) is 1. The second-order valence-corrected chi connectivity index (χ2v) is 3.64. The van der Waals surface area contributed by atoms with Crippen molar-refractivity contribution in [2.75, 3.05) is 0 Å². The molecule has 1 heterocycles. The number of benzene rings is 1. The van der Waals surface area contributed by atoms with E-state index in [1.807, 2.05) is 0 Å². The van der Waals surface area contributed by atoms with E-state index in [1.54, 1.807) is 24.3 Å². The Labute approximate surface area is 83.8 Å². The summed E-state index contributed by atoms with van der Waals surface area (Å²) in [5.74, 6) is -0.571. The van der Waals surface area contributed by atoms with Gasteiger partial charge in [-0.1, -0.05) is 18.2 Å². The maximum absolute atomic E-state index is 11.2. The summed E-state index contributed by atoms with van der Waals surface area (Å²) in [6.45, 7) is 0. The van der Waals surface area contributed by atoms with E-state index in [2.05, 4.69) is 4.72 Å². The summed E-state index contributed by atoms with van der Waals surface area (Å²) in [6, 6.07) is 5.55. The SMILES string of the molecule is O=C1NSc2ccccc2C1[N+](=O)[O-]. The monoisotopic (exact) mass is 210 g/mol. The minimum atomic E-state index is -1.27. The molecule has 1 atom stereocenters. The van der Waals surface area contributed by atoms with Crippen LogP contribution in [0, 0.1) is 10.1 Å². The average molecular weight is 210 g/mol. The molecule has 0 fully saturated rings. The lowest BCUT2D eigenvalue weighted by molar-refractivity contribution is -0.514. The van der Waals surface area contributed by atoms with Gasteiger partial charge >= 0.3 is 11.9 Å². The van der Waals surface area contributed by atoms with Crippen molar-refractivity contribution in [3.63, 3.8) is 0 Å². The van der Waals surface area contributed by atoms with Gasteiger partial charge in [0.1, 0.15) is 0 Å². The van der Waals surface area contributed by atoms with Crippen LogP contribution in [0.2, 0.25) is 0 Å². The molecule has 0 aliphatic carbocycles. The van der Waals surface area contributed by atoms with Crippen LogP contribution in [0.4, 0.5) is 0 Å². The van der Waals surface area contributed by atoms with Gasteiger partial charge in [-0.05, 0) is 18.0 Å². The molecule has 0 saturated carbocycles. The third-order valence-corrected chi connectivity index (χ3v) is 2.83. The highest BCUT2D eigenvalue weighted by molar-refractivity contribution is 7.98. The van der Waals surface area contributed by atoms with Crippen LogP contribution in [0.5, 0.6) is 0 Å². The quantitative estimate of drug-likeness (QED) is 0.428. The van der Waals surface area contributed by atoms with Crippen molar-refractivity contribution in [2.24, 2.45) is 0 Å². The molecule has 0 saturated heterocycles. The molecular weight excluding hydrogens is 204 g/mol. The predicted octanol–water partition coefficient (Wildman–Crippen LogP) is 1.14. The van der Waals surface area contributed by atoms with E-state index in [1.165, 1.54) is 0 Å². The summed E-state index contributed by atoms with van der Waals surface area (Å²) >= 11 is 1.11. The van der Waals surface area contributed by atoms with Gasteiger partial charge < -0.3 is 0 Å². The molecule has 1 aliphatic heterocycles. The molecule has 0 bridgehead atoms. The van der Waals surface area contributed by atoms with Gasteiger partial charge in [0.25, 0.3) is 0 Å². The molecule has 5 nitrogen and oxygen atoms in total. The van der Waals surface area contributed by atoms with Crippen molar-refractivity contribution in [1.29, 1.82) is 0 Å². The van der Waals surface area contributed by atoms with Gasteiger partial charge in [0, 0.05) is 9.82 Å². The van der Waals surface area contributed by atoms with Gasteiger partial charge in [-0.2, -0.15) is 0 Å². The Bertz CT molecular complexity index is 407. The highest BCUT2D eigenvalue weighted by atomic mass is 32.2. The summed E-state index contributed by atoms with van der Waals surface area (Å²) in [5.41, 5.74) is 0.464. The van der Waals surface area contributed by atoms with E-state index in [0.29, 0.717) is 5.56 Å². The number of nitro groups is 1. The largest absolute Gasteiger partial charge is 0.316 e. The first kappa shape index (κ1) is 9.01. The predicted molar refractivity (Wildman–Crippen MR) is 50.2 cm³/mol. The van der Waals surface area contributed by atoms with E-state index in [-0.39, 0.29) is 0 Å². The first-order valence-electron chi connectivity index (χ1n) is 3.89. The molecule has 1 aliphatic rings. The van der Waals surface area contributed by atoms with Gasteiger partial charge in [0.05, 0.1) is 5.56 Å². The lowest BCUT2D eigenvalue weighted by Crippen LogP contribution is -2.33. The molecule has 1 amide bonds. The van der Waals surface area contributed by atoms with Crippen molar-refractivity contribution in [3.8, 4) is 0 Å². The minimum absolute atomic E-state index is 0.464. The Morgan fingerprint density at radius 1 is 1.43 bits per heavy atom. The summed E-state index contributed by atoms with van der Waals surface area (Å²) in [5, 5.41) is 10.7. The average Bonchev–Trinajstić information content (AvgIpc) is 2.17. The smallest absolute Gasteiger partial charge is 0.290 e. The number of hydrogen-bond acceptors (Lipinski definition) is 4. The normalized spacial score (nSPS) is 19.7. The van der Waals surface area contributed by atoms with Gasteiger partial charge in [-0.15, -0.1) is 0 Å². The summed E-state index contributed by atoms with van der Waals surface area (Å²) in [6.07, 6.45) is 0. The molecule has 72 valence electrons. The van der Waals surface area contributed by atoms with Gasteiger partial charge in [-0.25, -0.2) is 0 Å². The van der Waals surface area contributed by atoms with E-state index in [4.69, 9.17) is 0 Å². The summed E-state index contributed by atoms with van der Waals surface area (Å²) < 4.78 is 2.41. The molecule has 6 heteroatoms. The highest BCUT2D eigenvalue weighted by Gasteiger charge is 2.37. The van der Waals surface area contributed by atoms with Gasteiger partial charge in [-0.3, -0.25) is 19.6 Å². The number of amides is 1. The van der Waals surface area contributed by atoms with Crippen LogP contribution in [0.25, 0.3) is 0 Å². The third kappa shape index (κ3) is 1.33. The Hall–Kier alpha value is -1.56. The molecule has 1 unspecified atom stereocenters. The van der Waals surface area contributed by atoms with E-state index >= 15 is 0 Å². The van der Waals surface area contributed by atoms with E-state index < -0.39 is 16.9 Å². The third-order valence-electron chi connectivity index (χ3n) is 1.93. The Morgan fingerprint density at radius 3 is 2.86 bits per heavy atom. The fourth-order valence-electron chi connectivity index (χ4n) is 1.31. The molecular formula is C8H6N2O3S. The van der Waals surface area contributed by atoms with E-state index in [0.717, 1.165) is 16.8 Å². The van der Waals surface area contributed by atoms with Crippen molar-refractivity contribution in [2.45, 2.75) is 10.9 Å². The van der Waals surface area contributed by atoms with Gasteiger partial charge in [0.2, 0.25) is 0 Å². The second-order valence-electron chi connectivity index (χ2n) is 2.79. The van der Waals surface area contributed by atoms with Crippen LogP contribution in [0.15, 0.2) is 29.2 Å². The van der Waals surface area contributed by atoms with Crippen LogP contribution in [0.3, 0.4) is 0 Å². The van der Waals surface area contributed by atoms with Crippen molar-refractivity contribution in [3.05, 3.63) is 39.9 Å². The molecule has 2 rings (SSSR count). The number of hydrogen-bond donors (Lipinski definition) is 1. The van der Waals surface area contributed by atoms with Crippen LogP contribution < -0.4 is 4.72 Å². The topological polar surface area (TPSA) is 72.2 Å². The summed E-state index contributed by atoms with van der Waals surface area (Å²) in [4.78, 5) is 22.0. The summed E-state index contributed by atoms with van der Waals surface area (Å²) in [7, 11) is 0. The number of carbonyl (C=O) groups excluding carboxylic acids is 1. The zero-order chi connectivity index (χ0) is 10.1. The van der Waals surface area contributed by atoms with Crippen LogP contribution in [0.1, 0.15) is 11.6 Å². The van der Waals surface area contributed by atoms with E-state index in [9.17, 15) is 14.9 Å². The number of fused-ring (bicyclic) bond motifs is 1. The highest BCUT2D eigenvalue weighted by Crippen LogP contribution is 2.32. The second kappa shape index (κ2) is 3.30. The Balaban J connectivity index is 2.51. The number of carbonyl (C=O) groups is 1. The maximum atomic E-state index is 11.2. The van der Waals surface area contributed by atoms with Crippen LogP contribution >= 0.6 is 11.9 Å². The number of rotatable bonds is 1. The molecule has 0 radical (unpaired) electrons. The fraction of sp³-hybridized carbons (Fsp3) is 0.125. The van der Waals surface area contributed by atoms with Crippen molar-refractivity contribution in [1.82, 2.24) is 4.72 Å². The lowest BCUT2D eigenvalue weighted by atomic mass is 10.1. The minimum Gasteiger partial charge on any atom is -0.290 e. The molecule has 1 N–H and O–H groups in total. The van der Waals surface area contributed by atoms with Crippen LogP contribution in [-0.4, -0.2) is 10.8 Å². The Morgan fingerprint density at radius 2 is 2.14 bits per heavy atom. The van der Waals surface area contributed by atoms with Crippen molar-refractivity contribution < 1.29 is 9.72 Å². The number of nitrogens with zero attached hydrogens (tertiary/aromatic N) is 1. The zero-order valence-corrected chi connectivity index (χ0v) is 7.78. The molecule has 14 heavy (non-hydrogen) atoms. The molecule has 0 aromatic heterocycles. The maximum Gasteiger partial charge on any atom is 0.316 e. The van der Waals surface area contributed by atoms with Gasteiger partial charge in [0.15, 0.2) is 0 Å². The lowest BCUT2D eigenvalue weighted by Gasteiger charge is -2.17. The van der Waals surface area contributed by atoms with Crippen LogP contribution in [-0.2, 0) is 4.79 Å². The molecule has 1 aromatic carbocycles.